The zero-order valence-corrected chi connectivity index (χ0v) is 12.1. The van der Waals surface area contributed by atoms with E-state index < -0.39 is 0 Å². The minimum Gasteiger partial charge on any atom is -0.497 e. The fourth-order valence-corrected chi connectivity index (χ4v) is 1.86. The van der Waals surface area contributed by atoms with E-state index in [2.05, 4.69) is 24.3 Å². The molecule has 1 heterocycles. The van der Waals surface area contributed by atoms with Gasteiger partial charge in [0.2, 0.25) is 0 Å². The number of rotatable bonds is 6. The topological polar surface area (TPSA) is 39.1 Å². The third-order valence-electron chi connectivity index (χ3n) is 3.34. The number of methoxy groups -OCH3 is 1. The molecular formula is C15H20FN3O. The summed E-state index contributed by atoms with van der Waals surface area (Å²) in [4.78, 5) is 0. The van der Waals surface area contributed by atoms with Crippen LogP contribution in [0.4, 0.5) is 10.1 Å². The van der Waals surface area contributed by atoms with E-state index in [-0.39, 0.29) is 5.82 Å². The molecule has 0 amide bonds. The lowest BCUT2D eigenvalue weighted by Crippen LogP contribution is -2.07. The fourth-order valence-electron chi connectivity index (χ4n) is 1.86. The number of benzene rings is 1. The molecule has 2 rings (SSSR count). The van der Waals surface area contributed by atoms with Gasteiger partial charge in [-0.2, -0.15) is 5.10 Å². The van der Waals surface area contributed by atoms with Crippen LogP contribution < -0.4 is 10.1 Å². The van der Waals surface area contributed by atoms with Crippen LogP contribution in [0.2, 0.25) is 0 Å². The van der Waals surface area contributed by atoms with Crippen molar-refractivity contribution < 1.29 is 9.13 Å². The second-order valence-electron chi connectivity index (χ2n) is 4.74. The van der Waals surface area contributed by atoms with E-state index in [4.69, 9.17) is 4.74 Å². The monoisotopic (exact) mass is 277 g/mol. The minimum absolute atomic E-state index is 0.299. The third-order valence-corrected chi connectivity index (χ3v) is 3.34. The van der Waals surface area contributed by atoms with Crippen molar-refractivity contribution in [1.29, 1.82) is 0 Å². The van der Waals surface area contributed by atoms with Crippen LogP contribution in [0.1, 0.15) is 32.0 Å². The molecule has 108 valence electrons. The molecule has 1 unspecified atom stereocenters. The van der Waals surface area contributed by atoms with Crippen LogP contribution in [0.25, 0.3) is 0 Å². The molecule has 5 heteroatoms. The fraction of sp³-hybridized carbons (Fsp3) is 0.400. The summed E-state index contributed by atoms with van der Waals surface area (Å²) in [5.74, 6) is 0.325. The summed E-state index contributed by atoms with van der Waals surface area (Å²) in [6.45, 7) is 4.72. The lowest BCUT2D eigenvalue weighted by Gasteiger charge is -2.09. The van der Waals surface area contributed by atoms with Crippen molar-refractivity contribution in [2.24, 2.45) is 0 Å². The smallest absolute Gasteiger partial charge is 0.146 e. The van der Waals surface area contributed by atoms with Crippen molar-refractivity contribution >= 4 is 5.69 Å². The molecule has 0 aliphatic rings. The van der Waals surface area contributed by atoms with Crippen LogP contribution in [0.15, 0.2) is 30.5 Å². The van der Waals surface area contributed by atoms with Crippen molar-refractivity contribution in [2.75, 3.05) is 12.4 Å². The first-order chi connectivity index (χ1) is 9.63. The molecule has 0 saturated carbocycles. The number of hydrogen-bond donors (Lipinski definition) is 1. The molecular weight excluding hydrogens is 257 g/mol. The van der Waals surface area contributed by atoms with Gasteiger partial charge in [-0.05, 0) is 31.5 Å². The van der Waals surface area contributed by atoms with Crippen molar-refractivity contribution in [3.8, 4) is 5.75 Å². The Balaban J connectivity index is 2.03. The number of aromatic nitrogens is 2. The van der Waals surface area contributed by atoms with E-state index in [1.165, 1.54) is 6.07 Å². The normalized spacial score (nSPS) is 12.2. The van der Waals surface area contributed by atoms with Gasteiger partial charge >= 0.3 is 0 Å². The maximum absolute atomic E-state index is 13.7. The number of halogens is 1. The minimum atomic E-state index is -0.299. The maximum atomic E-state index is 13.7. The summed E-state index contributed by atoms with van der Waals surface area (Å²) in [5, 5.41) is 7.51. The molecule has 1 aromatic heterocycles. The summed E-state index contributed by atoms with van der Waals surface area (Å²) < 4.78 is 20.7. The number of ether oxygens (including phenoxy) is 1. The summed E-state index contributed by atoms with van der Waals surface area (Å²) in [7, 11) is 1.56. The largest absolute Gasteiger partial charge is 0.497 e. The summed E-state index contributed by atoms with van der Waals surface area (Å²) in [6.07, 6.45) is 2.98. The highest BCUT2D eigenvalue weighted by Crippen LogP contribution is 2.21. The number of hydrogen-bond acceptors (Lipinski definition) is 3. The molecule has 1 atom stereocenters. The number of nitrogens with zero attached hydrogens (tertiary/aromatic N) is 2. The maximum Gasteiger partial charge on any atom is 0.146 e. The van der Waals surface area contributed by atoms with Gasteiger partial charge in [0.05, 0.1) is 25.0 Å². The lowest BCUT2D eigenvalue weighted by molar-refractivity contribution is 0.414. The highest BCUT2D eigenvalue weighted by Gasteiger charge is 2.07. The molecule has 20 heavy (non-hydrogen) atoms. The van der Waals surface area contributed by atoms with Gasteiger partial charge in [-0.15, -0.1) is 0 Å². The van der Waals surface area contributed by atoms with Crippen LogP contribution in [-0.4, -0.2) is 16.9 Å². The highest BCUT2D eigenvalue weighted by atomic mass is 19.1. The lowest BCUT2D eigenvalue weighted by atomic mass is 10.2. The van der Waals surface area contributed by atoms with Gasteiger partial charge in [-0.1, -0.05) is 6.92 Å². The van der Waals surface area contributed by atoms with E-state index in [1.807, 2.05) is 16.9 Å². The van der Waals surface area contributed by atoms with E-state index in [9.17, 15) is 4.39 Å². The Kier molecular flexibility index (Phi) is 4.61. The van der Waals surface area contributed by atoms with E-state index >= 15 is 0 Å². The van der Waals surface area contributed by atoms with Crippen LogP contribution >= 0.6 is 0 Å². The summed E-state index contributed by atoms with van der Waals surface area (Å²) in [6, 6.07) is 6.94. The van der Waals surface area contributed by atoms with Crippen LogP contribution in [0.5, 0.6) is 5.75 Å². The first-order valence-electron chi connectivity index (χ1n) is 6.75. The van der Waals surface area contributed by atoms with Crippen LogP contribution in [0.3, 0.4) is 0 Å². The molecule has 0 fully saturated rings. The Labute approximate surface area is 118 Å². The predicted molar refractivity (Wildman–Crippen MR) is 77.5 cm³/mol. The molecule has 0 saturated heterocycles. The molecule has 0 radical (unpaired) electrons. The molecule has 4 nitrogen and oxygen atoms in total. The Hall–Kier alpha value is -2.04. The van der Waals surface area contributed by atoms with Gasteiger partial charge in [0.15, 0.2) is 0 Å². The molecule has 1 N–H and O–H groups in total. The summed E-state index contributed by atoms with van der Waals surface area (Å²) >= 11 is 0. The second kappa shape index (κ2) is 6.41. The third kappa shape index (κ3) is 3.29. The molecule has 0 aliphatic heterocycles. The molecule has 1 aromatic carbocycles. The van der Waals surface area contributed by atoms with Gasteiger partial charge < -0.3 is 10.1 Å². The van der Waals surface area contributed by atoms with Gasteiger partial charge in [0.25, 0.3) is 0 Å². The van der Waals surface area contributed by atoms with Gasteiger partial charge in [-0.3, -0.25) is 4.68 Å². The Morgan fingerprint density at radius 1 is 1.40 bits per heavy atom. The van der Waals surface area contributed by atoms with Crippen LogP contribution in [0, 0.1) is 5.82 Å². The highest BCUT2D eigenvalue weighted by molar-refractivity contribution is 5.49. The van der Waals surface area contributed by atoms with Crippen molar-refractivity contribution in [2.45, 2.75) is 32.9 Å². The van der Waals surface area contributed by atoms with Crippen LogP contribution in [-0.2, 0) is 6.54 Å². The Bertz CT molecular complexity index is 568. The number of anilines is 1. The van der Waals surface area contributed by atoms with E-state index in [0.717, 1.165) is 12.1 Å². The van der Waals surface area contributed by atoms with Crippen molar-refractivity contribution in [1.82, 2.24) is 9.78 Å². The predicted octanol–water partition coefficient (Wildman–Crippen LogP) is 3.61. The first-order valence-corrected chi connectivity index (χ1v) is 6.75. The van der Waals surface area contributed by atoms with E-state index in [1.54, 1.807) is 19.2 Å². The standard InChI is InChI=1S/C15H20FN3O/c1-4-11(2)19-8-7-12(18-19)10-17-15-9-13(20-3)5-6-14(15)16/h5-9,11,17H,4,10H2,1-3H3. The van der Waals surface area contributed by atoms with Gasteiger partial charge in [-0.25, -0.2) is 4.39 Å². The van der Waals surface area contributed by atoms with Gasteiger partial charge in [0.1, 0.15) is 11.6 Å². The average molecular weight is 277 g/mol. The quantitative estimate of drug-likeness (QED) is 0.876. The average Bonchev–Trinajstić information content (AvgIpc) is 2.94. The van der Waals surface area contributed by atoms with Crippen molar-refractivity contribution in [3.05, 3.63) is 42.0 Å². The van der Waals surface area contributed by atoms with E-state index in [0.29, 0.717) is 24.0 Å². The zero-order valence-electron chi connectivity index (χ0n) is 12.1. The zero-order chi connectivity index (χ0) is 14.5. The SMILES string of the molecule is CCC(C)n1ccc(CNc2cc(OC)ccc2F)n1. The molecule has 0 bridgehead atoms. The van der Waals surface area contributed by atoms with Crippen molar-refractivity contribution in [3.63, 3.8) is 0 Å². The molecule has 0 aliphatic carbocycles. The number of nitrogens with one attached hydrogen (secondary N) is 1. The Morgan fingerprint density at radius 2 is 2.20 bits per heavy atom. The first kappa shape index (κ1) is 14.4. The van der Waals surface area contributed by atoms with Gasteiger partial charge in [0, 0.05) is 18.3 Å². The second-order valence-corrected chi connectivity index (χ2v) is 4.74. The Morgan fingerprint density at radius 3 is 2.90 bits per heavy atom. The molecule has 2 aromatic rings. The molecule has 0 spiro atoms. The summed E-state index contributed by atoms with van der Waals surface area (Å²) in [5.41, 5.74) is 1.30.